The minimum absolute atomic E-state index is 0.101. The highest BCUT2D eigenvalue weighted by Crippen LogP contribution is 2.19. The maximum Gasteiger partial charge on any atom is 0.148 e. The van der Waals surface area contributed by atoms with Crippen LogP contribution >= 0.6 is 22.6 Å². The minimum Gasteiger partial charge on any atom is -0.395 e. The van der Waals surface area contributed by atoms with Crippen LogP contribution in [0.15, 0.2) is 12.1 Å². The number of hydrogen-bond acceptors (Lipinski definition) is 2. The molecule has 0 heterocycles. The van der Waals surface area contributed by atoms with Crippen LogP contribution in [0.25, 0.3) is 0 Å². The van der Waals surface area contributed by atoms with Crippen molar-refractivity contribution in [2.75, 3.05) is 5.73 Å². The zero-order valence-corrected chi connectivity index (χ0v) is 7.59. The lowest BCUT2D eigenvalue weighted by Gasteiger charge is -1.98. The monoisotopic (exact) mass is 262 g/mol. The number of nitrogens with zero attached hydrogens (tertiary/aromatic N) is 1. The Kier molecular flexibility index (Phi) is 2.29. The molecule has 2 nitrogen and oxygen atoms in total. The first kappa shape index (κ1) is 8.27. The molecule has 11 heavy (non-hydrogen) atoms. The second-order valence-corrected chi connectivity index (χ2v) is 3.13. The number of hydrogen-bond donors (Lipinski definition) is 1. The first-order chi connectivity index (χ1) is 5.15. The predicted octanol–water partition coefficient (Wildman–Crippen LogP) is 1.88. The fourth-order valence-corrected chi connectivity index (χ4v) is 1.24. The largest absolute Gasteiger partial charge is 0.395 e. The van der Waals surface area contributed by atoms with Crippen molar-refractivity contribution in [1.82, 2.24) is 0 Å². The minimum atomic E-state index is -0.534. The maximum atomic E-state index is 12.7. The summed E-state index contributed by atoms with van der Waals surface area (Å²) in [7, 11) is 0. The van der Waals surface area contributed by atoms with Crippen molar-refractivity contribution in [1.29, 1.82) is 5.26 Å². The van der Waals surface area contributed by atoms with E-state index in [1.165, 1.54) is 0 Å². The van der Waals surface area contributed by atoms with E-state index in [-0.39, 0.29) is 5.69 Å². The van der Waals surface area contributed by atoms with Crippen molar-refractivity contribution in [2.24, 2.45) is 0 Å². The third-order valence-electron chi connectivity index (χ3n) is 1.21. The molecule has 0 aromatic heterocycles. The van der Waals surface area contributed by atoms with Gasteiger partial charge in [0.2, 0.25) is 0 Å². The van der Waals surface area contributed by atoms with Crippen molar-refractivity contribution in [3.63, 3.8) is 0 Å². The van der Waals surface area contributed by atoms with Crippen LogP contribution in [0, 0.1) is 20.7 Å². The Morgan fingerprint density at radius 2 is 2.18 bits per heavy atom. The summed E-state index contributed by atoms with van der Waals surface area (Å²) in [5, 5.41) is 8.42. The van der Waals surface area contributed by atoms with Gasteiger partial charge in [-0.2, -0.15) is 5.26 Å². The molecule has 0 radical (unpaired) electrons. The van der Waals surface area contributed by atoms with E-state index in [0.717, 1.165) is 6.07 Å². The topological polar surface area (TPSA) is 49.8 Å². The molecular formula is C7H4FIN2. The third kappa shape index (κ3) is 1.60. The van der Waals surface area contributed by atoms with Crippen LogP contribution in [0.3, 0.4) is 0 Å². The molecule has 56 valence electrons. The highest BCUT2D eigenvalue weighted by molar-refractivity contribution is 14.1. The Hall–Kier alpha value is -0.830. The normalized spacial score (nSPS) is 9.18. The molecule has 1 aromatic rings. The first-order valence-corrected chi connectivity index (χ1v) is 3.87. The van der Waals surface area contributed by atoms with E-state index in [0.29, 0.717) is 9.13 Å². The Bertz CT molecular complexity index is 307. The van der Waals surface area contributed by atoms with Gasteiger partial charge in [-0.15, -0.1) is 0 Å². The molecule has 1 aromatic carbocycles. The fraction of sp³-hybridized carbons (Fsp3) is 0. The Balaban J connectivity index is 3.35. The summed E-state index contributed by atoms with van der Waals surface area (Å²) in [4.78, 5) is 0. The van der Waals surface area contributed by atoms with Crippen LogP contribution < -0.4 is 5.73 Å². The second kappa shape index (κ2) is 3.05. The summed E-state index contributed by atoms with van der Waals surface area (Å²) >= 11 is 1.88. The van der Waals surface area contributed by atoms with Gasteiger partial charge in [0.1, 0.15) is 5.82 Å². The lowest BCUT2D eigenvalue weighted by Crippen LogP contribution is -1.94. The molecule has 0 saturated heterocycles. The van der Waals surface area contributed by atoms with Gasteiger partial charge in [-0.25, -0.2) is 4.39 Å². The molecule has 0 fully saturated rings. The molecule has 0 bridgehead atoms. The molecule has 0 atom stereocenters. The summed E-state index contributed by atoms with van der Waals surface area (Å²) in [5.41, 5.74) is 5.71. The molecule has 0 spiro atoms. The number of nitrogen functional groups attached to an aromatic ring is 1. The zero-order valence-electron chi connectivity index (χ0n) is 5.44. The van der Waals surface area contributed by atoms with Gasteiger partial charge in [0.25, 0.3) is 0 Å². The van der Waals surface area contributed by atoms with Crippen LogP contribution in [0.2, 0.25) is 0 Å². The van der Waals surface area contributed by atoms with Gasteiger partial charge in [0, 0.05) is 3.57 Å². The van der Waals surface area contributed by atoms with Crippen molar-refractivity contribution < 1.29 is 4.39 Å². The average Bonchev–Trinajstić information content (AvgIpc) is 1.99. The van der Waals surface area contributed by atoms with E-state index in [1.54, 1.807) is 6.07 Å². The summed E-state index contributed by atoms with van der Waals surface area (Å²) in [6.45, 7) is 0. The Labute approximate surface area is 77.0 Å². The van der Waals surface area contributed by atoms with Crippen molar-refractivity contribution in [3.8, 4) is 6.07 Å². The lowest BCUT2D eigenvalue weighted by atomic mass is 10.2. The highest BCUT2D eigenvalue weighted by atomic mass is 127. The van der Waals surface area contributed by atoms with Gasteiger partial charge in [-0.05, 0) is 34.7 Å². The SMILES string of the molecule is N#Cc1cc(F)c(N)c(I)c1. The lowest BCUT2D eigenvalue weighted by molar-refractivity contribution is 0.631. The Morgan fingerprint density at radius 1 is 1.55 bits per heavy atom. The van der Waals surface area contributed by atoms with Crippen LogP contribution in [0.1, 0.15) is 5.56 Å². The summed E-state index contributed by atoms with van der Waals surface area (Å²) < 4.78 is 13.3. The third-order valence-corrected chi connectivity index (χ3v) is 2.10. The van der Waals surface area contributed by atoms with E-state index >= 15 is 0 Å². The number of rotatable bonds is 0. The van der Waals surface area contributed by atoms with Crippen molar-refractivity contribution in [2.45, 2.75) is 0 Å². The van der Waals surface area contributed by atoms with Crippen molar-refractivity contribution >= 4 is 28.3 Å². The van der Waals surface area contributed by atoms with Gasteiger partial charge in [-0.1, -0.05) is 0 Å². The number of anilines is 1. The number of halogens is 2. The zero-order chi connectivity index (χ0) is 8.43. The summed E-state index contributed by atoms with van der Waals surface area (Å²) in [6.07, 6.45) is 0. The van der Waals surface area contributed by atoms with Crippen molar-refractivity contribution in [3.05, 3.63) is 27.1 Å². The van der Waals surface area contributed by atoms with Gasteiger partial charge in [0.05, 0.1) is 17.3 Å². The average molecular weight is 262 g/mol. The highest BCUT2D eigenvalue weighted by Gasteiger charge is 2.04. The fourth-order valence-electron chi connectivity index (χ4n) is 0.649. The van der Waals surface area contributed by atoms with E-state index in [2.05, 4.69) is 0 Å². The summed E-state index contributed by atoms with van der Waals surface area (Å²) in [5.74, 6) is -0.534. The number of nitriles is 1. The molecular weight excluding hydrogens is 258 g/mol. The smallest absolute Gasteiger partial charge is 0.148 e. The Morgan fingerprint density at radius 3 is 2.64 bits per heavy atom. The molecule has 4 heteroatoms. The van der Waals surface area contributed by atoms with Crippen LogP contribution in [0.4, 0.5) is 10.1 Å². The number of benzene rings is 1. The summed E-state index contributed by atoms with van der Waals surface area (Å²) in [6, 6.07) is 4.50. The molecule has 0 unspecified atom stereocenters. The molecule has 2 N–H and O–H groups in total. The quantitative estimate of drug-likeness (QED) is 0.573. The number of nitrogens with two attached hydrogens (primary N) is 1. The van der Waals surface area contributed by atoms with E-state index in [9.17, 15) is 4.39 Å². The molecule has 0 saturated carbocycles. The van der Waals surface area contributed by atoms with Crippen LogP contribution in [-0.2, 0) is 0 Å². The molecule has 0 aliphatic carbocycles. The second-order valence-electron chi connectivity index (χ2n) is 1.97. The van der Waals surface area contributed by atoms with E-state index < -0.39 is 5.82 Å². The maximum absolute atomic E-state index is 12.7. The first-order valence-electron chi connectivity index (χ1n) is 2.79. The molecule has 1 rings (SSSR count). The standard InChI is InChI=1S/C7H4FIN2/c8-5-1-4(3-10)2-6(9)7(5)11/h1-2H,11H2. The molecule has 0 amide bonds. The van der Waals surface area contributed by atoms with E-state index in [4.69, 9.17) is 11.0 Å². The molecule has 0 aliphatic heterocycles. The van der Waals surface area contributed by atoms with Crippen LogP contribution in [-0.4, -0.2) is 0 Å². The molecule has 0 aliphatic rings. The predicted molar refractivity (Wildman–Crippen MR) is 48.2 cm³/mol. The van der Waals surface area contributed by atoms with Gasteiger partial charge >= 0.3 is 0 Å². The van der Waals surface area contributed by atoms with Gasteiger partial charge in [-0.3, -0.25) is 0 Å². The van der Waals surface area contributed by atoms with Crippen LogP contribution in [0.5, 0.6) is 0 Å². The van der Waals surface area contributed by atoms with Gasteiger partial charge < -0.3 is 5.73 Å². The van der Waals surface area contributed by atoms with E-state index in [1.807, 2.05) is 28.7 Å². The van der Waals surface area contributed by atoms with Gasteiger partial charge in [0.15, 0.2) is 0 Å².